The van der Waals surface area contributed by atoms with Gasteiger partial charge in [0, 0.05) is 11.6 Å². The minimum atomic E-state index is -4.60. The van der Waals surface area contributed by atoms with Gasteiger partial charge in [-0.15, -0.1) is 0 Å². The molecule has 2 aromatic carbocycles. The largest absolute Gasteiger partial charge is 0.479 e. The molecule has 0 amide bonds. The third-order valence-electron chi connectivity index (χ3n) is 3.43. The van der Waals surface area contributed by atoms with Crippen molar-refractivity contribution in [2.45, 2.75) is 12.6 Å². The topological polar surface area (TPSA) is 116 Å². The van der Waals surface area contributed by atoms with Crippen LogP contribution >= 0.6 is 11.6 Å². The zero-order valence-corrected chi connectivity index (χ0v) is 15.0. The van der Waals surface area contributed by atoms with Crippen molar-refractivity contribution in [2.24, 2.45) is 0 Å². The summed E-state index contributed by atoms with van der Waals surface area (Å²) in [7, 11) is 0. The molecule has 1 N–H and O–H groups in total. The van der Waals surface area contributed by atoms with E-state index in [1.54, 1.807) is 0 Å². The van der Waals surface area contributed by atoms with Gasteiger partial charge in [0.1, 0.15) is 11.5 Å². The van der Waals surface area contributed by atoms with E-state index in [4.69, 9.17) is 21.4 Å². The number of ether oxygens (including phenoxy) is 2. The van der Waals surface area contributed by atoms with E-state index in [0.29, 0.717) is 6.07 Å². The smallest absolute Gasteiger partial charge is 0.416 e. The Morgan fingerprint density at radius 1 is 1.17 bits per heavy atom. The minimum absolute atomic E-state index is 0.0432. The van der Waals surface area contributed by atoms with Crippen LogP contribution in [0.25, 0.3) is 0 Å². The van der Waals surface area contributed by atoms with Gasteiger partial charge in [0.15, 0.2) is 6.61 Å². The molecule has 8 nitrogen and oxygen atoms in total. The molecule has 0 unspecified atom stereocenters. The average molecular weight is 434 g/mol. The fourth-order valence-electron chi connectivity index (χ4n) is 2.18. The van der Waals surface area contributed by atoms with Gasteiger partial charge in [0.05, 0.1) is 21.9 Å². The first kappa shape index (κ1) is 22.0. The van der Waals surface area contributed by atoms with Gasteiger partial charge in [-0.25, -0.2) is 4.79 Å². The number of aliphatic carboxylic acids is 1. The summed E-state index contributed by atoms with van der Waals surface area (Å²) in [6.07, 6.45) is -5.22. The first-order valence-electron chi connectivity index (χ1n) is 7.66. The Labute approximate surface area is 165 Å². The van der Waals surface area contributed by atoms with Crippen LogP contribution in [0.1, 0.15) is 11.1 Å². The van der Waals surface area contributed by atoms with Gasteiger partial charge >= 0.3 is 18.1 Å². The highest BCUT2D eigenvalue weighted by molar-refractivity contribution is 6.32. The van der Waals surface area contributed by atoms with Crippen LogP contribution in [0.15, 0.2) is 36.4 Å². The number of nitro benzene ring substituents is 1. The SMILES string of the molecule is O=C(O)COC(=O)Cc1cc(Oc2ccc(C(F)(F)F)cc2Cl)ccc1[N+](=O)[O-]. The first-order valence-corrected chi connectivity index (χ1v) is 8.04. The Balaban J connectivity index is 2.27. The van der Waals surface area contributed by atoms with Crippen LogP contribution in [-0.4, -0.2) is 28.6 Å². The van der Waals surface area contributed by atoms with Crippen molar-refractivity contribution >= 4 is 29.2 Å². The normalized spacial score (nSPS) is 11.0. The van der Waals surface area contributed by atoms with Gasteiger partial charge in [0.2, 0.25) is 0 Å². The number of carboxylic acid groups (broad SMARTS) is 1. The predicted molar refractivity (Wildman–Crippen MR) is 91.9 cm³/mol. The van der Waals surface area contributed by atoms with Crippen molar-refractivity contribution in [2.75, 3.05) is 6.61 Å². The van der Waals surface area contributed by atoms with Crippen LogP contribution in [-0.2, 0) is 26.9 Å². The lowest BCUT2D eigenvalue weighted by Gasteiger charge is -2.12. The molecule has 0 saturated carbocycles. The molecule has 29 heavy (non-hydrogen) atoms. The van der Waals surface area contributed by atoms with Crippen molar-refractivity contribution in [3.8, 4) is 11.5 Å². The molecular weight excluding hydrogens is 423 g/mol. The summed E-state index contributed by atoms with van der Waals surface area (Å²) < 4.78 is 47.9. The van der Waals surface area contributed by atoms with E-state index in [2.05, 4.69) is 4.74 Å². The highest BCUT2D eigenvalue weighted by atomic mass is 35.5. The lowest BCUT2D eigenvalue weighted by Crippen LogP contribution is -2.15. The number of nitrogens with zero attached hydrogens (tertiary/aromatic N) is 1. The van der Waals surface area contributed by atoms with Crippen LogP contribution in [0.2, 0.25) is 5.02 Å². The molecule has 2 rings (SSSR count). The highest BCUT2D eigenvalue weighted by Crippen LogP contribution is 2.37. The summed E-state index contributed by atoms with van der Waals surface area (Å²) in [6, 6.07) is 5.68. The Morgan fingerprint density at radius 2 is 1.86 bits per heavy atom. The molecule has 2 aromatic rings. The fourth-order valence-corrected chi connectivity index (χ4v) is 2.40. The number of hydrogen-bond donors (Lipinski definition) is 1. The summed E-state index contributed by atoms with van der Waals surface area (Å²) >= 11 is 5.80. The van der Waals surface area contributed by atoms with E-state index in [-0.39, 0.29) is 22.1 Å². The van der Waals surface area contributed by atoms with E-state index >= 15 is 0 Å². The zero-order valence-electron chi connectivity index (χ0n) is 14.2. The Kier molecular flexibility index (Phi) is 6.64. The number of benzene rings is 2. The Morgan fingerprint density at radius 3 is 2.41 bits per heavy atom. The molecule has 0 saturated heterocycles. The summed E-state index contributed by atoms with van der Waals surface area (Å²) in [5, 5.41) is 19.3. The van der Waals surface area contributed by atoms with E-state index in [0.717, 1.165) is 30.3 Å². The molecule has 0 fully saturated rings. The van der Waals surface area contributed by atoms with Crippen molar-refractivity contribution in [3.63, 3.8) is 0 Å². The molecule has 0 radical (unpaired) electrons. The molecule has 0 bridgehead atoms. The second-order valence-corrected chi connectivity index (χ2v) is 5.93. The third kappa shape index (κ3) is 6.07. The maximum atomic E-state index is 12.7. The first-order chi connectivity index (χ1) is 13.5. The number of hydrogen-bond acceptors (Lipinski definition) is 6. The van der Waals surface area contributed by atoms with Gasteiger partial charge < -0.3 is 14.6 Å². The molecule has 12 heteroatoms. The van der Waals surface area contributed by atoms with E-state index in [1.165, 1.54) is 0 Å². The summed E-state index contributed by atoms with van der Waals surface area (Å²) in [6.45, 7) is -0.913. The minimum Gasteiger partial charge on any atom is -0.479 e. The van der Waals surface area contributed by atoms with E-state index < -0.39 is 47.3 Å². The van der Waals surface area contributed by atoms with Crippen molar-refractivity contribution in [1.82, 2.24) is 0 Å². The Hall–Kier alpha value is -3.34. The second kappa shape index (κ2) is 8.78. The molecule has 0 heterocycles. The van der Waals surface area contributed by atoms with Crippen molar-refractivity contribution in [3.05, 3.63) is 62.7 Å². The molecule has 0 atom stereocenters. The fraction of sp³-hybridized carbons (Fsp3) is 0.176. The lowest BCUT2D eigenvalue weighted by molar-refractivity contribution is -0.385. The van der Waals surface area contributed by atoms with Gasteiger partial charge in [-0.2, -0.15) is 13.2 Å². The molecule has 0 aromatic heterocycles. The Bertz CT molecular complexity index is 963. The average Bonchev–Trinajstić information content (AvgIpc) is 2.60. The molecular formula is C17H11ClF3NO7. The number of rotatable bonds is 7. The number of carbonyl (C=O) groups excluding carboxylic acids is 1. The summed E-state index contributed by atoms with van der Waals surface area (Å²) in [5.74, 6) is -2.62. The molecule has 154 valence electrons. The third-order valence-corrected chi connectivity index (χ3v) is 3.72. The maximum absolute atomic E-state index is 12.7. The second-order valence-electron chi connectivity index (χ2n) is 5.52. The van der Waals surface area contributed by atoms with Crippen LogP contribution in [0.5, 0.6) is 11.5 Å². The monoisotopic (exact) mass is 433 g/mol. The number of nitro groups is 1. The van der Waals surface area contributed by atoms with Crippen molar-refractivity contribution < 1.29 is 42.3 Å². The highest BCUT2D eigenvalue weighted by Gasteiger charge is 2.31. The molecule has 0 aliphatic rings. The van der Waals surface area contributed by atoms with Crippen LogP contribution in [0.4, 0.5) is 18.9 Å². The standard InChI is InChI=1S/C17H11ClF3NO7/c18-12-7-10(17(19,20)21)1-4-14(12)29-11-2-3-13(22(26)27)9(5-11)6-16(25)28-8-15(23)24/h1-5,7H,6,8H2,(H,23,24). The maximum Gasteiger partial charge on any atom is 0.416 e. The van der Waals surface area contributed by atoms with Crippen molar-refractivity contribution in [1.29, 1.82) is 0 Å². The lowest BCUT2D eigenvalue weighted by atomic mass is 10.1. The summed E-state index contributed by atoms with van der Waals surface area (Å²) in [5.41, 5.74) is -1.59. The van der Waals surface area contributed by atoms with Gasteiger partial charge in [0.25, 0.3) is 5.69 Å². The summed E-state index contributed by atoms with van der Waals surface area (Å²) in [4.78, 5) is 32.4. The zero-order chi connectivity index (χ0) is 21.8. The number of halogens is 4. The number of esters is 1. The van der Waals surface area contributed by atoms with E-state index in [9.17, 15) is 32.9 Å². The molecule has 0 spiro atoms. The van der Waals surface area contributed by atoms with Crippen LogP contribution in [0, 0.1) is 10.1 Å². The number of alkyl halides is 3. The van der Waals surface area contributed by atoms with Crippen LogP contribution < -0.4 is 4.74 Å². The van der Waals surface area contributed by atoms with Gasteiger partial charge in [-0.3, -0.25) is 14.9 Å². The molecule has 0 aliphatic carbocycles. The van der Waals surface area contributed by atoms with Crippen LogP contribution in [0.3, 0.4) is 0 Å². The van der Waals surface area contributed by atoms with Gasteiger partial charge in [-0.05, 0) is 30.3 Å². The number of carboxylic acids is 1. The number of carbonyl (C=O) groups is 2. The van der Waals surface area contributed by atoms with E-state index in [1.807, 2.05) is 0 Å². The quantitative estimate of drug-likeness (QED) is 0.394. The molecule has 0 aliphatic heterocycles. The van der Waals surface area contributed by atoms with Gasteiger partial charge in [-0.1, -0.05) is 11.6 Å². The predicted octanol–water partition coefficient (Wildman–Crippen LogP) is 4.23.